The van der Waals surface area contributed by atoms with Gasteiger partial charge in [-0.15, -0.1) is 11.8 Å². The lowest BCUT2D eigenvalue weighted by Gasteiger charge is -2.09. The molecule has 3 heteroatoms. The topological polar surface area (TPSA) is 49.3 Å². The molecule has 2 N–H and O–H groups in total. The van der Waals surface area contributed by atoms with E-state index in [4.69, 9.17) is 5.11 Å². The van der Waals surface area contributed by atoms with Crippen LogP contribution in [0.3, 0.4) is 0 Å². The highest BCUT2D eigenvalue weighted by atomic mass is 16.4. The van der Waals surface area contributed by atoms with Crippen molar-refractivity contribution in [3.8, 4) is 11.8 Å². The molecule has 0 atom stereocenters. The van der Waals surface area contributed by atoms with E-state index in [1.165, 1.54) is 0 Å². The smallest absolute Gasteiger partial charge is 0.307 e. The Morgan fingerprint density at radius 2 is 2.12 bits per heavy atom. The first-order valence-electron chi connectivity index (χ1n) is 5.73. The molecule has 0 radical (unpaired) electrons. The highest BCUT2D eigenvalue weighted by Gasteiger charge is 2.04. The highest BCUT2D eigenvalue weighted by Crippen LogP contribution is 2.15. The second-order valence-electron chi connectivity index (χ2n) is 3.61. The Morgan fingerprint density at radius 1 is 1.35 bits per heavy atom. The Morgan fingerprint density at radius 3 is 2.82 bits per heavy atom. The molecular formula is C14H17NO2. The molecule has 0 fully saturated rings. The number of benzene rings is 1. The minimum absolute atomic E-state index is 0.0454. The summed E-state index contributed by atoms with van der Waals surface area (Å²) >= 11 is 0. The molecule has 0 aliphatic rings. The third-order valence-corrected chi connectivity index (χ3v) is 2.23. The van der Waals surface area contributed by atoms with Crippen molar-refractivity contribution in [3.63, 3.8) is 0 Å². The Balaban J connectivity index is 2.54. The van der Waals surface area contributed by atoms with Gasteiger partial charge in [0.05, 0.1) is 6.42 Å². The number of nitrogens with one attached hydrogen (secondary N) is 1. The molecule has 0 aliphatic heterocycles. The van der Waals surface area contributed by atoms with E-state index < -0.39 is 5.97 Å². The standard InChI is InChI=1S/C14H17NO2/c1-2-3-4-7-10-15-13-9-6-5-8-12(13)11-14(16)17/h5-6,8-9,15H,2,7,10-11H2,1H3,(H,16,17). The summed E-state index contributed by atoms with van der Waals surface area (Å²) in [6.45, 7) is 2.76. The number of carboxylic acids is 1. The zero-order valence-electron chi connectivity index (χ0n) is 9.99. The van der Waals surface area contributed by atoms with Crippen LogP contribution in [0.1, 0.15) is 25.3 Å². The van der Waals surface area contributed by atoms with Gasteiger partial charge in [-0.3, -0.25) is 4.79 Å². The molecule has 3 nitrogen and oxygen atoms in total. The van der Waals surface area contributed by atoms with E-state index in [0.717, 1.165) is 30.6 Å². The number of hydrogen-bond donors (Lipinski definition) is 2. The molecule has 0 spiro atoms. The summed E-state index contributed by atoms with van der Waals surface area (Å²) in [7, 11) is 0. The van der Waals surface area contributed by atoms with Crippen LogP contribution in [0.5, 0.6) is 0 Å². The number of para-hydroxylation sites is 1. The number of aliphatic carboxylic acids is 1. The van der Waals surface area contributed by atoms with Crippen LogP contribution < -0.4 is 5.32 Å². The average molecular weight is 231 g/mol. The van der Waals surface area contributed by atoms with Crippen molar-refractivity contribution in [2.75, 3.05) is 11.9 Å². The molecule has 0 heterocycles. The second kappa shape index (κ2) is 7.34. The monoisotopic (exact) mass is 231 g/mol. The highest BCUT2D eigenvalue weighted by molar-refractivity contribution is 5.73. The Labute approximate surface area is 102 Å². The van der Waals surface area contributed by atoms with Gasteiger partial charge in [-0.25, -0.2) is 0 Å². The second-order valence-corrected chi connectivity index (χ2v) is 3.61. The number of anilines is 1. The summed E-state index contributed by atoms with van der Waals surface area (Å²) in [6.07, 6.45) is 1.69. The Hall–Kier alpha value is -1.95. The summed E-state index contributed by atoms with van der Waals surface area (Å²) in [5, 5.41) is 12.0. The van der Waals surface area contributed by atoms with E-state index in [0.29, 0.717) is 0 Å². The van der Waals surface area contributed by atoms with Gasteiger partial charge in [-0.2, -0.15) is 0 Å². The Bertz CT molecular complexity index is 429. The maximum atomic E-state index is 10.7. The SMILES string of the molecule is CCC#CCCNc1ccccc1CC(=O)O. The molecule has 90 valence electrons. The van der Waals surface area contributed by atoms with Crippen molar-refractivity contribution < 1.29 is 9.90 Å². The zero-order chi connectivity index (χ0) is 12.5. The Kier molecular flexibility index (Phi) is 5.67. The summed E-state index contributed by atoms with van der Waals surface area (Å²) in [5.74, 6) is 5.22. The van der Waals surface area contributed by atoms with Crippen molar-refractivity contribution in [2.24, 2.45) is 0 Å². The molecule has 0 saturated carbocycles. The fraction of sp³-hybridized carbons (Fsp3) is 0.357. The number of carboxylic acid groups (broad SMARTS) is 1. The van der Waals surface area contributed by atoms with Gasteiger partial charge in [0.15, 0.2) is 0 Å². The normalized spacial score (nSPS) is 9.24. The molecule has 0 amide bonds. The minimum Gasteiger partial charge on any atom is -0.481 e. The lowest BCUT2D eigenvalue weighted by molar-refractivity contribution is -0.136. The van der Waals surface area contributed by atoms with Gasteiger partial charge in [0.2, 0.25) is 0 Å². The quantitative estimate of drug-likeness (QED) is 0.604. The van der Waals surface area contributed by atoms with E-state index in [2.05, 4.69) is 17.2 Å². The number of rotatable bonds is 5. The van der Waals surface area contributed by atoms with Gasteiger partial charge in [0.1, 0.15) is 0 Å². The van der Waals surface area contributed by atoms with Crippen molar-refractivity contribution in [1.29, 1.82) is 0 Å². The lowest BCUT2D eigenvalue weighted by atomic mass is 10.1. The van der Waals surface area contributed by atoms with Crippen molar-refractivity contribution in [2.45, 2.75) is 26.2 Å². The van der Waals surface area contributed by atoms with Gasteiger partial charge >= 0.3 is 5.97 Å². The van der Waals surface area contributed by atoms with Crippen LogP contribution in [-0.4, -0.2) is 17.6 Å². The largest absolute Gasteiger partial charge is 0.481 e. The minimum atomic E-state index is -0.815. The van der Waals surface area contributed by atoms with Gasteiger partial charge in [0, 0.05) is 25.1 Å². The van der Waals surface area contributed by atoms with Crippen LogP contribution in [0.25, 0.3) is 0 Å². The van der Waals surface area contributed by atoms with Gasteiger partial charge < -0.3 is 10.4 Å². The van der Waals surface area contributed by atoms with E-state index in [-0.39, 0.29) is 6.42 Å². The van der Waals surface area contributed by atoms with Gasteiger partial charge in [-0.05, 0) is 11.6 Å². The summed E-state index contributed by atoms with van der Waals surface area (Å²) in [5.41, 5.74) is 1.69. The number of carbonyl (C=O) groups is 1. The number of hydrogen-bond acceptors (Lipinski definition) is 2. The average Bonchev–Trinajstić information content (AvgIpc) is 2.30. The van der Waals surface area contributed by atoms with Gasteiger partial charge in [0.25, 0.3) is 0 Å². The van der Waals surface area contributed by atoms with Crippen molar-refractivity contribution in [1.82, 2.24) is 0 Å². The summed E-state index contributed by atoms with van der Waals surface area (Å²) in [4.78, 5) is 10.7. The molecule has 1 rings (SSSR count). The van der Waals surface area contributed by atoms with Crippen LogP contribution in [0, 0.1) is 11.8 Å². The first-order chi connectivity index (χ1) is 8.24. The predicted molar refractivity (Wildman–Crippen MR) is 69.0 cm³/mol. The molecular weight excluding hydrogens is 214 g/mol. The fourth-order valence-corrected chi connectivity index (χ4v) is 1.48. The van der Waals surface area contributed by atoms with Crippen molar-refractivity contribution >= 4 is 11.7 Å². The first-order valence-corrected chi connectivity index (χ1v) is 5.73. The summed E-state index contributed by atoms with van der Waals surface area (Å²) in [6, 6.07) is 7.46. The molecule has 1 aromatic carbocycles. The van der Waals surface area contributed by atoms with Crippen LogP contribution in [-0.2, 0) is 11.2 Å². The lowest BCUT2D eigenvalue weighted by Crippen LogP contribution is -2.07. The zero-order valence-corrected chi connectivity index (χ0v) is 9.99. The van der Waals surface area contributed by atoms with Crippen LogP contribution in [0.2, 0.25) is 0 Å². The summed E-state index contributed by atoms with van der Waals surface area (Å²) < 4.78 is 0. The molecule has 0 aromatic heterocycles. The molecule has 0 saturated heterocycles. The molecule has 0 unspecified atom stereocenters. The third kappa shape index (κ3) is 5.07. The van der Waals surface area contributed by atoms with Crippen LogP contribution in [0.15, 0.2) is 24.3 Å². The molecule has 17 heavy (non-hydrogen) atoms. The molecule has 0 bridgehead atoms. The maximum Gasteiger partial charge on any atom is 0.307 e. The van der Waals surface area contributed by atoms with E-state index in [1.54, 1.807) is 0 Å². The third-order valence-electron chi connectivity index (χ3n) is 2.23. The van der Waals surface area contributed by atoms with Crippen LogP contribution >= 0.6 is 0 Å². The molecule has 0 aliphatic carbocycles. The van der Waals surface area contributed by atoms with Crippen molar-refractivity contribution in [3.05, 3.63) is 29.8 Å². The maximum absolute atomic E-state index is 10.7. The van der Waals surface area contributed by atoms with Gasteiger partial charge in [-0.1, -0.05) is 25.1 Å². The van der Waals surface area contributed by atoms with Crippen LogP contribution in [0.4, 0.5) is 5.69 Å². The van der Waals surface area contributed by atoms with E-state index >= 15 is 0 Å². The molecule has 1 aromatic rings. The predicted octanol–water partition coefficient (Wildman–Crippen LogP) is 2.53. The van der Waals surface area contributed by atoms with E-state index in [1.807, 2.05) is 31.2 Å². The fourth-order valence-electron chi connectivity index (χ4n) is 1.48. The van der Waals surface area contributed by atoms with E-state index in [9.17, 15) is 4.79 Å². The first kappa shape index (κ1) is 13.1.